The first kappa shape index (κ1) is 14.6. The molecule has 0 radical (unpaired) electrons. The van der Waals surface area contributed by atoms with E-state index in [0.717, 1.165) is 11.1 Å². The van der Waals surface area contributed by atoms with Crippen LogP contribution in [0.4, 0.5) is 0 Å². The lowest BCUT2D eigenvalue weighted by atomic mass is 9.77. The Morgan fingerprint density at radius 3 is 2.08 bits per heavy atom. The van der Waals surface area contributed by atoms with Gasteiger partial charge in [-0.15, -0.1) is 0 Å². The molecule has 118 valence electrons. The van der Waals surface area contributed by atoms with Crippen LogP contribution in [0.1, 0.15) is 30.0 Å². The van der Waals surface area contributed by atoms with Crippen LogP contribution >= 0.6 is 0 Å². The van der Waals surface area contributed by atoms with Gasteiger partial charge in [-0.3, -0.25) is 9.59 Å². The Morgan fingerprint density at radius 1 is 0.875 bits per heavy atom. The maximum Gasteiger partial charge on any atom is 0.274 e. The van der Waals surface area contributed by atoms with E-state index in [4.69, 9.17) is 0 Å². The molecule has 1 N–H and O–H groups in total. The summed E-state index contributed by atoms with van der Waals surface area (Å²) in [6.45, 7) is 1.71. The van der Waals surface area contributed by atoms with Crippen molar-refractivity contribution < 1.29 is 9.59 Å². The molecule has 0 aliphatic carbocycles. The van der Waals surface area contributed by atoms with Gasteiger partial charge < -0.3 is 5.32 Å². The molecule has 0 spiro atoms. The van der Waals surface area contributed by atoms with Gasteiger partial charge in [0.25, 0.3) is 11.8 Å². The molecule has 0 saturated carbocycles. The third-order valence-corrected chi connectivity index (χ3v) is 4.61. The zero-order chi connectivity index (χ0) is 16.7. The van der Waals surface area contributed by atoms with Crippen molar-refractivity contribution in [2.24, 2.45) is 4.99 Å². The fraction of sp³-hybridized carbons (Fsp3) is 0.150. The summed E-state index contributed by atoms with van der Waals surface area (Å²) in [5, 5.41) is 3.07. The third-order valence-electron chi connectivity index (χ3n) is 4.61. The van der Waals surface area contributed by atoms with Crippen LogP contribution in [-0.4, -0.2) is 17.5 Å². The quantitative estimate of drug-likeness (QED) is 0.926. The molecule has 2 unspecified atom stereocenters. The second-order valence-electron chi connectivity index (χ2n) is 6.04. The molecule has 24 heavy (non-hydrogen) atoms. The summed E-state index contributed by atoms with van der Waals surface area (Å²) in [5.41, 5.74) is 3.41. The van der Waals surface area contributed by atoms with Crippen LogP contribution in [0.15, 0.2) is 76.8 Å². The summed E-state index contributed by atoms with van der Waals surface area (Å²) in [6, 6.07) is 19.3. The Kier molecular flexibility index (Phi) is 3.38. The highest BCUT2D eigenvalue weighted by Gasteiger charge is 2.43. The van der Waals surface area contributed by atoms with E-state index in [1.165, 1.54) is 0 Å². The van der Waals surface area contributed by atoms with E-state index in [0.29, 0.717) is 16.9 Å². The number of amides is 2. The molecule has 0 aromatic heterocycles. The molecule has 0 bridgehead atoms. The summed E-state index contributed by atoms with van der Waals surface area (Å²) in [7, 11) is 0. The van der Waals surface area contributed by atoms with Crippen LogP contribution in [-0.2, 0) is 9.59 Å². The third kappa shape index (κ3) is 2.19. The van der Waals surface area contributed by atoms with Crippen LogP contribution in [0.25, 0.3) is 0 Å². The van der Waals surface area contributed by atoms with E-state index in [1.807, 2.05) is 60.7 Å². The van der Waals surface area contributed by atoms with Gasteiger partial charge in [0.05, 0.1) is 17.3 Å². The van der Waals surface area contributed by atoms with Gasteiger partial charge in [-0.05, 0) is 18.1 Å². The van der Waals surface area contributed by atoms with Crippen molar-refractivity contribution in [1.29, 1.82) is 0 Å². The SMILES string of the molecule is CC1=NC(=O)C2=C1C(=O)NC(c1ccccc1)C2c1ccccc1. The molecule has 2 aliphatic heterocycles. The molecule has 2 aliphatic rings. The van der Waals surface area contributed by atoms with Crippen molar-refractivity contribution in [2.75, 3.05) is 0 Å². The van der Waals surface area contributed by atoms with Gasteiger partial charge in [0.1, 0.15) is 0 Å². The molecule has 2 heterocycles. The molecular formula is C20H16N2O2. The summed E-state index contributed by atoms with van der Waals surface area (Å²) >= 11 is 0. The van der Waals surface area contributed by atoms with Gasteiger partial charge >= 0.3 is 0 Å². The van der Waals surface area contributed by atoms with Crippen molar-refractivity contribution in [2.45, 2.75) is 18.9 Å². The zero-order valence-electron chi connectivity index (χ0n) is 13.2. The number of hydrogen-bond acceptors (Lipinski definition) is 2. The molecule has 2 atom stereocenters. The second-order valence-corrected chi connectivity index (χ2v) is 6.04. The average Bonchev–Trinajstić information content (AvgIpc) is 2.91. The molecule has 4 heteroatoms. The van der Waals surface area contributed by atoms with E-state index in [1.54, 1.807) is 6.92 Å². The van der Waals surface area contributed by atoms with Crippen molar-refractivity contribution in [3.63, 3.8) is 0 Å². The minimum absolute atomic E-state index is 0.224. The highest BCUT2D eigenvalue weighted by Crippen LogP contribution is 2.43. The van der Waals surface area contributed by atoms with Gasteiger partial charge in [0.15, 0.2) is 0 Å². The molecule has 0 saturated heterocycles. The lowest BCUT2D eigenvalue weighted by Crippen LogP contribution is -2.41. The van der Waals surface area contributed by atoms with E-state index in [-0.39, 0.29) is 23.8 Å². The first-order valence-corrected chi connectivity index (χ1v) is 7.91. The number of nitrogens with one attached hydrogen (secondary N) is 1. The predicted molar refractivity (Wildman–Crippen MR) is 91.7 cm³/mol. The number of aliphatic imine (C=N–C) groups is 1. The summed E-state index contributed by atoms with van der Waals surface area (Å²) in [5.74, 6) is -0.764. The molecule has 2 amide bonds. The van der Waals surface area contributed by atoms with Crippen molar-refractivity contribution >= 4 is 17.5 Å². The number of carbonyl (C=O) groups is 2. The van der Waals surface area contributed by atoms with Crippen LogP contribution in [0, 0.1) is 0 Å². The monoisotopic (exact) mass is 316 g/mol. The Labute approximate surface area is 139 Å². The van der Waals surface area contributed by atoms with Crippen molar-refractivity contribution in [3.8, 4) is 0 Å². The fourth-order valence-electron chi connectivity index (χ4n) is 3.56. The topological polar surface area (TPSA) is 58.5 Å². The van der Waals surface area contributed by atoms with Gasteiger partial charge in [-0.25, -0.2) is 4.99 Å². The van der Waals surface area contributed by atoms with Gasteiger partial charge in [0.2, 0.25) is 0 Å². The lowest BCUT2D eigenvalue weighted by Gasteiger charge is -2.33. The minimum Gasteiger partial charge on any atom is -0.344 e. The Balaban J connectivity index is 1.92. The number of rotatable bonds is 2. The minimum atomic E-state index is -0.299. The summed E-state index contributed by atoms with van der Waals surface area (Å²) in [4.78, 5) is 29.1. The first-order valence-electron chi connectivity index (χ1n) is 7.91. The first-order chi connectivity index (χ1) is 11.7. The van der Waals surface area contributed by atoms with E-state index in [9.17, 15) is 9.59 Å². The Morgan fingerprint density at radius 2 is 1.46 bits per heavy atom. The van der Waals surface area contributed by atoms with Gasteiger partial charge in [-0.1, -0.05) is 60.7 Å². The standard InChI is InChI=1S/C20H16N2O2/c1-12-15-17(20(24)21-12)16(13-8-4-2-5-9-13)18(22-19(15)23)14-10-6-3-7-11-14/h2-11,16,18H,1H3,(H,22,23). The van der Waals surface area contributed by atoms with Gasteiger partial charge in [-0.2, -0.15) is 0 Å². The Hall–Kier alpha value is -3.01. The second kappa shape index (κ2) is 5.57. The average molecular weight is 316 g/mol. The lowest BCUT2D eigenvalue weighted by molar-refractivity contribution is -0.120. The van der Waals surface area contributed by atoms with E-state index < -0.39 is 0 Å². The maximum absolute atomic E-state index is 12.6. The van der Waals surface area contributed by atoms with Crippen LogP contribution in [0.3, 0.4) is 0 Å². The summed E-state index contributed by atoms with van der Waals surface area (Å²) in [6.07, 6.45) is 0. The molecular weight excluding hydrogens is 300 g/mol. The predicted octanol–water partition coefficient (Wildman–Crippen LogP) is 2.94. The highest BCUT2D eigenvalue weighted by molar-refractivity contribution is 6.32. The van der Waals surface area contributed by atoms with Crippen molar-refractivity contribution in [3.05, 3.63) is 82.9 Å². The molecule has 0 fully saturated rings. The normalized spacial score (nSPS) is 23.0. The number of hydrogen-bond donors (Lipinski definition) is 1. The van der Waals surface area contributed by atoms with E-state index >= 15 is 0 Å². The van der Waals surface area contributed by atoms with Crippen molar-refractivity contribution in [1.82, 2.24) is 5.32 Å². The number of nitrogens with zero attached hydrogens (tertiary/aromatic N) is 1. The largest absolute Gasteiger partial charge is 0.344 e. The molecule has 2 aromatic rings. The number of carbonyl (C=O) groups excluding carboxylic acids is 2. The molecule has 4 rings (SSSR count). The smallest absolute Gasteiger partial charge is 0.274 e. The number of benzene rings is 2. The zero-order valence-corrected chi connectivity index (χ0v) is 13.2. The van der Waals surface area contributed by atoms with Crippen LogP contribution in [0.5, 0.6) is 0 Å². The molecule has 4 nitrogen and oxygen atoms in total. The van der Waals surface area contributed by atoms with E-state index in [2.05, 4.69) is 10.3 Å². The van der Waals surface area contributed by atoms with Crippen LogP contribution in [0.2, 0.25) is 0 Å². The Bertz CT molecular complexity index is 882. The van der Waals surface area contributed by atoms with Gasteiger partial charge in [0, 0.05) is 11.5 Å². The summed E-state index contributed by atoms with van der Waals surface area (Å²) < 4.78 is 0. The maximum atomic E-state index is 12.6. The molecule has 2 aromatic carbocycles. The highest BCUT2D eigenvalue weighted by atomic mass is 16.2. The van der Waals surface area contributed by atoms with Crippen LogP contribution < -0.4 is 5.32 Å². The fourth-order valence-corrected chi connectivity index (χ4v) is 3.56.